The van der Waals surface area contributed by atoms with Gasteiger partial charge in [0.05, 0.1) is 25.9 Å². The highest BCUT2D eigenvalue weighted by molar-refractivity contribution is 14.1. The van der Waals surface area contributed by atoms with Gasteiger partial charge in [-0.15, -0.1) is 6.58 Å². The predicted octanol–water partition coefficient (Wildman–Crippen LogP) is 6.36. The molecule has 0 radical (unpaired) electrons. The second kappa shape index (κ2) is 13.4. The van der Waals surface area contributed by atoms with E-state index in [1.165, 1.54) is 0 Å². The van der Waals surface area contributed by atoms with Crippen LogP contribution in [0, 0.1) is 0 Å². The van der Waals surface area contributed by atoms with E-state index in [1.807, 2.05) is 60.7 Å². The zero-order valence-corrected chi connectivity index (χ0v) is 19.8. The number of rotatable bonds is 13. The van der Waals surface area contributed by atoms with Gasteiger partial charge in [0.2, 0.25) is 0 Å². The highest BCUT2D eigenvalue weighted by Crippen LogP contribution is 2.20. The fourth-order valence-electron chi connectivity index (χ4n) is 3.25. The molecule has 3 aromatic carbocycles. The zero-order valence-electron chi connectivity index (χ0n) is 17.6. The Balaban J connectivity index is 1.71. The van der Waals surface area contributed by atoms with Gasteiger partial charge in [-0.25, -0.2) is 0 Å². The Hall–Kier alpha value is -1.99. The zero-order chi connectivity index (χ0) is 21.7. The van der Waals surface area contributed by atoms with Crippen molar-refractivity contribution in [2.75, 3.05) is 4.43 Å². The summed E-state index contributed by atoms with van der Waals surface area (Å²) in [5.74, 6) is 0. The summed E-state index contributed by atoms with van der Waals surface area (Å²) in [5.41, 5.74) is 3.38. The molecule has 3 rings (SSSR count). The molecule has 31 heavy (non-hydrogen) atoms. The van der Waals surface area contributed by atoms with Crippen LogP contribution in [-0.2, 0) is 34.0 Å². The van der Waals surface area contributed by atoms with Crippen LogP contribution >= 0.6 is 22.6 Å². The van der Waals surface area contributed by atoms with Crippen LogP contribution in [0.5, 0.6) is 0 Å². The van der Waals surface area contributed by atoms with Crippen LogP contribution in [0.3, 0.4) is 0 Å². The number of hydrogen-bond acceptors (Lipinski definition) is 3. The first-order chi connectivity index (χ1) is 15.3. The maximum Gasteiger partial charge on any atom is 0.115 e. The molecule has 3 atom stereocenters. The third-order valence-corrected chi connectivity index (χ3v) is 5.82. The van der Waals surface area contributed by atoms with Crippen LogP contribution in [0.25, 0.3) is 0 Å². The minimum absolute atomic E-state index is 0.136. The molecule has 0 heterocycles. The Morgan fingerprint density at radius 1 is 0.645 bits per heavy atom. The molecule has 0 spiro atoms. The lowest BCUT2D eigenvalue weighted by Gasteiger charge is -2.31. The lowest BCUT2D eigenvalue weighted by Crippen LogP contribution is -2.42. The second-order valence-corrected chi connectivity index (χ2v) is 8.13. The standard InChI is InChI=1S/C27H29IO3/c1-2-25(29-19-22-12-6-3-7-13-22)27(31-21-24-16-10-5-11-17-24)26(18-28)30-20-23-14-8-4-9-15-23/h2-17,25-27H,1,18-21H2/t25-,26-,27+/m1/s1. The van der Waals surface area contributed by atoms with Crippen LogP contribution in [-0.4, -0.2) is 22.7 Å². The number of hydrogen-bond donors (Lipinski definition) is 0. The van der Waals surface area contributed by atoms with Crippen LogP contribution in [0.1, 0.15) is 16.7 Å². The minimum atomic E-state index is -0.292. The first kappa shape index (κ1) is 23.7. The topological polar surface area (TPSA) is 27.7 Å². The minimum Gasteiger partial charge on any atom is -0.370 e. The van der Waals surface area contributed by atoms with Crippen molar-refractivity contribution in [3.05, 3.63) is 120 Å². The summed E-state index contributed by atoms with van der Waals surface area (Å²) >= 11 is 2.36. The Morgan fingerprint density at radius 2 is 1.06 bits per heavy atom. The monoisotopic (exact) mass is 528 g/mol. The third-order valence-electron chi connectivity index (χ3n) is 4.95. The average molecular weight is 528 g/mol. The number of benzene rings is 3. The van der Waals surface area contributed by atoms with E-state index in [0.717, 1.165) is 21.1 Å². The lowest BCUT2D eigenvalue weighted by molar-refractivity contribution is -0.130. The van der Waals surface area contributed by atoms with E-state index in [-0.39, 0.29) is 18.3 Å². The van der Waals surface area contributed by atoms with E-state index in [1.54, 1.807) is 0 Å². The van der Waals surface area contributed by atoms with E-state index >= 15 is 0 Å². The van der Waals surface area contributed by atoms with E-state index in [2.05, 4.69) is 65.6 Å². The molecular weight excluding hydrogens is 499 g/mol. The molecule has 0 amide bonds. The SMILES string of the molecule is C=C[C@@H](OCc1ccccc1)[C@H](OCc1ccccc1)[C@@H](CI)OCc1ccccc1. The van der Waals surface area contributed by atoms with Gasteiger partial charge in [-0.1, -0.05) is 120 Å². The van der Waals surface area contributed by atoms with Crippen molar-refractivity contribution in [1.29, 1.82) is 0 Å². The van der Waals surface area contributed by atoms with Crippen molar-refractivity contribution < 1.29 is 14.2 Å². The molecule has 4 heteroatoms. The van der Waals surface area contributed by atoms with Crippen LogP contribution in [0.15, 0.2) is 104 Å². The number of halogens is 1. The van der Waals surface area contributed by atoms with Gasteiger partial charge in [0, 0.05) is 4.43 Å². The summed E-state index contributed by atoms with van der Waals surface area (Å²) in [4.78, 5) is 0. The van der Waals surface area contributed by atoms with Crippen molar-refractivity contribution in [2.24, 2.45) is 0 Å². The first-order valence-electron chi connectivity index (χ1n) is 10.4. The normalized spacial score (nSPS) is 14.0. The molecule has 0 N–H and O–H groups in total. The Kier molecular flexibility index (Phi) is 10.3. The van der Waals surface area contributed by atoms with Crippen LogP contribution < -0.4 is 0 Å². The molecule has 0 fully saturated rings. The molecule has 0 bridgehead atoms. The summed E-state index contributed by atoms with van der Waals surface area (Å²) < 4.78 is 19.7. The second-order valence-electron chi connectivity index (χ2n) is 7.25. The third kappa shape index (κ3) is 7.89. The summed E-state index contributed by atoms with van der Waals surface area (Å²) in [6, 6.07) is 30.5. The maximum atomic E-state index is 6.39. The Morgan fingerprint density at radius 3 is 1.48 bits per heavy atom. The molecule has 0 saturated carbocycles. The van der Waals surface area contributed by atoms with Crippen LogP contribution in [0.2, 0.25) is 0 Å². The maximum absolute atomic E-state index is 6.39. The quantitative estimate of drug-likeness (QED) is 0.147. The molecule has 0 aliphatic rings. The van der Waals surface area contributed by atoms with E-state index < -0.39 is 0 Å². The van der Waals surface area contributed by atoms with Crippen LogP contribution in [0.4, 0.5) is 0 Å². The van der Waals surface area contributed by atoms with Crippen molar-refractivity contribution in [2.45, 2.75) is 38.1 Å². The summed E-state index contributed by atoms with van der Waals surface area (Å²) in [5, 5.41) is 0. The van der Waals surface area contributed by atoms with Crippen molar-refractivity contribution in [3.63, 3.8) is 0 Å². The van der Waals surface area contributed by atoms with Gasteiger partial charge in [0.25, 0.3) is 0 Å². The molecule has 0 unspecified atom stereocenters. The lowest BCUT2D eigenvalue weighted by atomic mass is 10.1. The molecule has 0 aliphatic heterocycles. The number of alkyl halides is 1. The molecule has 162 valence electrons. The summed E-state index contributed by atoms with van der Waals surface area (Å²) in [7, 11) is 0. The molecule has 3 aromatic rings. The van der Waals surface area contributed by atoms with Gasteiger partial charge in [-0.05, 0) is 16.7 Å². The molecule has 0 saturated heterocycles. The highest BCUT2D eigenvalue weighted by atomic mass is 127. The summed E-state index contributed by atoms with van der Waals surface area (Å²) in [6.07, 6.45) is 1.12. The van der Waals surface area contributed by atoms with Gasteiger partial charge in [-0.2, -0.15) is 0 Å². The van der Waals surface area contributed by atoms with Crippen molar-refractivity contribution in [3.8, 4) is 0 Å². The summed E-state index contributed by atoms with van der Waals surface area (Å²) in [6.45, 7) is 5.54. The van der Waals surface area contributed by atoms with E-state index in [4.69, 9.17) is 14.2 Å². The molecule has 0 aromatic heterocycles. The number of ether oxygens (including phenoxy) is 3. The van der Waals surface area contributed by atoms with Gasteiger partial charge in [-0.3, -0.25) is 0 Å². The fraction of sp³-hybridized carbons (Fsp3) is 0.259. The predicted molar refractivity (Wildman–Crippen MR) is 134 cm³/mol. The fourth-order valence-corrected chi connectivity index (χ4v) is 4.00. The largest absolute Gasteiger partial charge is 0.370 e. The van der Waals surface area contributed by atoms with Gasteiger partial charge < -0.3 is 14.2 Å². The first-order valence-corrected chi connectivity index (χ1v) is 12.0. The Labute approximate surface area is 199 Å². The highest BCUT2D eigenvalue weighted by Gasteiger charge is 2.30. The van der Waals surface area contributed by atoms with Gasteiger partial charge in [0.1, 0.15) is 12.2 Å². The van der Waals surface area contributed by atoms with E-state index in [0.29, 0.717) is 19.8 Å². The van der Waals surface area contributed by atoms with Crippen molar-refractivity contribution >= 4 is 22.6 Å². The van der Waals surface area contributed by atoms with E-state index in [9.17, 15) is 0 Å². The molecule has 3 nitrogen and oxygen atoms in total. The molecule has 0 aliphatic carbocycles. The van der Waals surface area contributed by atoms with Crippen molar-refractivity contribution in [1.82, 2.24) is 0 Å². The average Bonchev–Trinajstić information content (AvgIpc) is 2.84. The smallest absolute Gasteiger partial charge is 0.115 e. The van der Waals surface area contributed by atoms with Gasteiger partial charge >= 0.3 is 0 Å². The van der Waals surface area contributed by atoms with Gasteiger partial charge in [0.15, 0.2) is 0 Å². The Bertz CT molecular complexity index is 871. The molecular formula is C27H29IO3.